The van der Waals surface area contributed by atoms with Crippen molar-refractivity contribution in [1.82, 2.24) is 24.4 Å². The Morgan fingerprint density at radius 3 is 2.37 bits per heavy atom. The van der Waals surface area contributed by atoms with E-state index in [2.05, 4.69) is 10.1 Å². The Morgan fingerprint density at radius 1 is 1.00 bits per heavy atom. The van der Waals surface area contributed by atoms with Crippen LogP contribution in [0, 0.1) is 11.6 Å². The first-order valence-electron chi connectivity index (χ1n) is 11.7. The monoisotopic (exact) mass is 531 g/mol. The number of amides is 1. The second-order valence-electron chi connectivity index (χ2n) is 8.85. The van der Waals surface area contributed by atoms with Crippen molar-refractivity contribution >= 4 is 11.6 Å². The first-order valence-corrected chi connectivity index (χ1v) is 11.7. The zero-order valence-corrected chi connectivity index (χ0v) is 20.2. The van der Waals surface area contributed by atoms with E-state index in [1.807, 2.05) is 4.90 Å². The first-order chi connectivity index (χ1) is 18.1. The molecule has 1 aliphatic heterocycles. The topological polar surface area (TPSA) is 63.0 Å². The number of methoxy groups -OCH3 is 1. The minimum absolute atomic E-state index is 0.0315. The molecule has 0 unspecified atom stereocenters. The van der Waals surface area contributed by atoms with Crippen molar-refractivity contribution in [2.24, 2.45) is 0 Å². The Bertz CT molecular complexity index is 1480. The molecule has 0 atom stereocenters. The highest BCUT2D eigenvalue weighted by Gasteiger charge is 2.36. The first kappa shape index (κ1) is 25.6. The number of aromatic nitrogens is 3. The third-order valence-electron chi connectivity index (χ3n) is 6.44. The maximum atomic E-state index is 14.0. The summed E-state index contributed by atoms with van der Waals surface area (Å²) in [5.74, 6) is -1.03. The Balaban J connectivity index is 1.40. The van der Waals surface area contributed by atoms with Crippen molar-refractivity contribution in [3.63, 3.8) is 0 Å². The molecule has 2 aromatic carbocycles. The molecule has 1 amide bonds. The quantitative estimate of drug-likeness (QED) is 0.351. The lowest BCUT2D eigenvalue weighted by Crippen LogP contribution is -2.48. The molecular weight excluding hydrogens is 509 g/mol. The smallest absolute Gasteiger partial charge is 0.433 e. The number of ether oxygens (including phenoxy) is 1. The highest BCUT2D eigenvalue weighted by molar-refractivity contribution is 6.00. The summed E-state index contributed by atoms with van der Waals surface area (Å²) in [6.45, 7) is 1.41. The molecule has 198 valence electrons. The minimum atomic E-state index is -4.74. The van der Waals surface area contributed by atoms with Crippen LogP contribution in [0.3, 0.4) is 0 Å². The van der Waals surface area contributed by atoms with E-state index in [9.17, 15) is 26.7 Å². The molecule has 0 saturated carbocycles. The van der Waals surface area contributed by atoms with Crippen LogP contribution in [0.4, 0.5) is 22.0 Å². The van der Waals surface area contributed by atoms with Gasteiger partial charge in [-0.25, -0.2) is 18.3 Å². The number of piperazine rings is 1. The van der Waals surface area contributed by atoms with Crippen molar-refractivity contribution < 1.29 is 31.5 Å². The number of carbonyl (C=O) groups excluding carboxylic acids is 1. The fourth-order valence-corrected chi connectivity index (χ4v) is 4.41. The van der Waals surface area contributed by atoms with Crippen LogP contribution in [0.15, 0.2) is 54.7 Å². The average molecular weight is 531 g/mol. The standard InChI is InChI=1S/C26H22F5N5O2/c1-38-19-5-2-16(3-6-19)22-13-23(26(29,30)31)36-24(33-22)20(14-32-36)25(37)35-10-8-34(9-11-35)15-17-12-18(27)4-7-21(17)28/h2-7,12-14H,8-11,15H2,1H3. The summed E-state index contributed by atoms with van der Waals surface area (Å²) in [6.07, 6.45) is -3.65. The maximum absolute atomic E-state index is 14.0. The van der Waals surface area contributed by atoms with Crippen LogP contribution in [0.2, 0.25) is 0 Å². The molecule has 5 rings (SSSR count). The summed E-state index contributed by atoms with van der Waals surface area (Å²) >= 11 is 0. The van der Waals surface area contributed by atoms with E-state index in [0.29, 0.717) is 28.9 Å². The van der Waals surface area contributed by atoms with Gasteiger partial charge in [0.25, 0.3) is 5.91 Å². The number of halogens is 5. The Morgan fingerprint density at radius 2 is 1.71 bits per heavy atom. The number of hydrogen-bond acceptors (Lipinski definition) is 5. The molecule has 1 aliphatic rings. The summed E-state index contributed by atoms with van der Waals surface area (Å²) in [5.41, 5.74) is -0.674. The van der Waals surface area contributed by atoms with Crippen LogP contribution in [0.25, 0.3) is 16.9 Å². The molecule has 0 spiro atoms. The molecule has 0 N–H and O–H groups in total. The van der Waals surface area contributed by atoms with Crippen LogP contribution < -0.4 is 4.74 Å². The summed E-state index contributed by atoms with van der Waals surface area (Å²) in [7, 11) is 1.48. The molecule has 38 heavy (non-hydrogen) atoms. The van der Waals surface area contributed by atoms with Crippen LogP contribution in [-0.4, -0.2) is 63.6 Å². The van der Waals surface area contributed by atoms with Gasteiger partial charge in [-0.2, -0.15) is 18.3 Å². The van der Waals surface area contributed by atoms with Crippen molar-refractivity contribution in [3.8, 4) is 17.0 Å². The second kappa shape index (κ2) is 10.0. The normalized spacial score (nSPS) is 14.7. The lowest BCUT2D eigenvalue weighted by atomic mass is 10.1. The predicted molar refractivity (Wildman–Crippen MR) is 128 cm³/mol. The number of carbonyl (C=O) groups is 1. The third-order valence-corrected chi connectivity index (χ3v) is 6.44. The van der Waals surface area contributed by atoms with Gasteiger partial charge in [0.15, 0.2) is 11.3 Å². The molecule has 1 saturated heterocycles. The Hall–Kier alpha value is -4.06. The molecule has 1 fully saturated rings. The Kier molecular flexibility index (Phi) is 6.74. The van der Waals surface area contributed by atoms with E-state index in [1.54, 1.807) is 24.3 Å². The van der Waals surface area contributed by atoms with Gasteiger partial charge >= 0.3 is 6.18 Å². The van der Waals surface area contributed by atoms with Crippen LogP contribution in [0.1, 0.15) is 21.6 Å². The predicted octanol–water partition coefficient (Wildman–Crippen LogP) is 4.66. The van der Waals surface area contributed by atoms with Crippen LogP contribution in [-0.2, 0) is 12.7 Å². The van der Waals surface area contributed by atoms with Crippen LogP contribution >= 0.6 is 0 Å². The van der Waals surface area contributed by atoms with Crippen molar-refractivity contribution in [2.75, 3.05) is 33.3 Å². The highest BCUT2D eigenvalue weighted by atomic mass is 19.4. The highest BCUT2D eigenvalue weighted by Crippen LogP contribution is 2.33. The molecular formula is C26H22F5N5O2. The van der Waals surface area contributed by atoms with E-state index >= 15 is 0 Å². The summed E-state index contributed by atoms with van der Waals surface area (Å²) in [4.78, 5) is 21.1. The number of alkyl halides is 3. The van der Waals surface area contributed by atoms with Crippen molar-refractivity contribution in [2.45, 2.75) is 12.7 Å². The molecule has 3 heterocycles. The van der Waals surface area contributed by atoms with Gasteiger partial charge in [-0.3, -0.25) is 9.69 Å². The minimum Gasteiger partial charge on any atom is -0.497 e. The fourth-order valence-electron chi connectivity index (χ4n) is 4.41. The van der Waals surface area contributed by atoms with Gasteiger partial charge in [-0.05, 0) is 48.5 Å². The van der Waals surface area contributed by atoms with E-state index in [0.717, 1.165) is 30.5 Å². The van der Waals surface area contributed by atoms with Gasteiger partial charge in [0.2, 0.25) is 0 Å². The van der Waals surface area contributed by atoms with Gasteiger partial charge < -0.3 is 9.64 Å². The van der Waals surface area contributed by atoms with Gasteiger partial charge in [0.1, 0.15) is 22.9 Å². The Labute approximate surface area is 214 Å². The number of hydrogen-bond donors (Lipinski definition) is 0. The zero-order chi connectivity index (χ0) is 27.0. The third kappa shape index (κ3) is 5.03. The van der Waals surface area contributed by atoms with E-state index in [1.165, 1.54) is 12.0 Å². The molecule has 0 bridgehead atoms. The fraction of sp³-hybridized carbons (Fsp3) is 0.269. The number of nitrogens with zero attached hydrogens (tertiary/aromatic N) is 5. The van der Waals surface area contributed by atoms with Crippen molar-refractivity contribution in [1.29, 1.82) is 0 Å². The second-order valence-corrected chi connectivity index (χ2v) is 8.85. The number of rotatable bonds is 5. The molecule has 0 radical (unpaired) electrons. The molecule has 7 nitrogen and oxygen atoms in total. The summed E-state index contributed by atoms with van der Waals surface area (Å²) in [5, 5.41) is 3.83. The zero-order valence-electron chi connectivity index (χ0n) is 20.2. The van der Waals surface area contributed by atoms with Crippen LogP contribution in [0.5, 0.6) is 5.75 Å². The van der Waals surface area contributed by atoms with Gasteiger partial charge in [-0.1, -0.05) is 0 Å². The average Bonchev–Trinajstić information content (AvgIpc) is 3.33. The van der Waals surface area contributed by atoms with Crippen molar-refractivity contribution in [3.05, 3.63) is 83.2 Å². The van der Waals surface area contributed by atoms with E-state index in [4.69, 9.17) is 4.74 Å². The summed E-state index contributed by atoms with van der Waals surface area (Å²) < 4.78 is 75.0. The largest absolute Gasteiger partial charge is 0.497 e. The van der Waals surface area contributed by atoms with Gasteiger partial charge in [0, 0.05) is 43.9 Å². The molecule has 2 aromatic heterocycles. The molecule has 4 aromatic rings. The van der Waals surface area contributed by atoms with Gasteiger partial charge in [0.05, 0.1) is 19.0 Å². The molecule has 0 aliphatic carbocycles. The lowest BCUT2D eigenvalue weighted by Gasteiger charge is -2.34. The van der Waals surface area contributed by atoms with Gasteiger partial charge in [-0.15, -0.1) is 0 Å². The maximum Gasteiger partial charge on any atom is 0.433 e. The molecule has 12 heteroatoms. The number of benzene rings is 2. The number of fused-ring (bicyclic) bond motifs is 1. The summed E-state index contributed by atoms with van der Waals surface area (Å²) in [6, 6.07) is 10.5. The SMILES string of the molecule is COc1ccc(-c2cc(C(F)(F)F)n3ncc(C(=O)N4CCN(Cc5cc(F)ccc5F)CC4)c3n2)cc1. The lowest BCUT2D eigenvalue weighted by molar-refractivity contribution is -0.142. The van der Waals surface area contributed by atoms with E-state index < -0.39 is 29.4 Å². The van der Waals surface area contributed by atoms with E-state index in [-0.39, 0.29) is 42.1 Å².